The van der Waals surface area contributed by atoms with Gasteiger partial charge in [0.25, 0.3) is 5.91 Å². The maximum absolute atomic E-state index is 11.9. The zero-order valence-corrected chi connectivity index (χ0v) is 13.3. The zero-order chi connectivity index (χ0) is 16.6. The number of rotatable bonds is 4. The van der Waals surface area contributed by atoms with E-state index in [0.29, 0.717) is 0 Å². The lowest BCUT2D eigenvalue weighted by atomic mass is 10.3. The maximum atomic E-state index is 11.9. The number of nitrogens with one attached hydrogen (secondary N) is 1. The summed E-state index contributed by atoms with van der Waals surface area (Å²) in [4.78, 5) is 10.7. The van der Waals surface area contributed by atoms with Crippen molar-refractivity contribution >= 4 is 33.6 Å². The molecule has 0 aliphatic carbocycles. The first-order chi connectivity index (χ1) is 9.55. The summed E-state index contributed by atoms with van der Waals surface area (Å²) in [5.41, 5.74) is 0.0794. The average Bonchev–Trinajstić information content (AvgIpc) is 2.30. The first kappa shape index (κ1) is 19.6. The molecule has 0 radical (unpaired) electrons. The Kier molecular flexibility index (Phi) is 8.23. The molecule has 1 rings (SSSR count). The van der Waals surface area contributed by atoms with Gasteiger partial charge in [-0.25, -0.2) is 4.39 Å². The Balaban J connectivity index is 0.000000885. The van der Waals surface area contributed by atoms with E-state index in [1.807, 2.05) is 0 Å². The number of carbonyl (C=O) groups excluding carboxylic acids is 1. The van der Waals surface area contributed by atoms with Crippen molar-refractivity contribution in [1.82, 2.24) is 0 Å². The largest absolute Gasteiger partial charge is 0.446 e. The monoisotopic (exact) mass is 341 g/mol. The van der Waals surface area contributed by atoms with Crippen LogP contribution in [0.2, 0.25) is 5.02 Å². The van der Waals surface area contributed by atoms with Crippen LogP contribution in [0.5, 0.6) is 5.75 Å². The molecule has 0 heterocycles. The van der Waals surface area contributed by atoms with Crippen LogP contribution in [0.3, 0.4) is 0 Å². The SMILES string of the molecule is CC(C)C.O=C(CF)Nc1ccc(Cl)c(OS(=O)(=O)O)c1. The normalized spacial score (nSPS) is 10.6. The lowest BCUT2D eigenvalue weighted by Gasteiger charge is -2.07. The van der Waals surface area contributed by atoms with Gasteiger partial charge < -0.3 is 9.50 Å². The highest BCUT2D eigenvalue weighted by Gasteiger charge is 2.12. The molecule has 120 valence electrons. The van der Waals surface area contributed by atoms with E-state index in [1.54, 1.807) is 0 Å². The summed E-state index contributed by atoms with van der Waals surface area (Å²) >= 11 is 5.59. The highest BCUT2D eigenvalue weighted by atomic mass is 35.5. The molecular weight excluding hydrogens is 325 g/mol. The third-order valence-corrected chi connectivity index (χ3v) is 2.23. The molecule has 0 fully saturated rings. The molecule has 1 amide bonds. The lowest BCUT2D eigenvalue weighted by molar-refractivity contribution is -0.117. The molecule has 1 aromatic rings. The van der Waals surface area contributed by atoms with Crippen LogP contribution in [-0.2, 0) is 15.2 Å². The Hall–Kier alpha value is -1.38. The standard InChI is InChI=1S/C8H7ClFNO5S.C4H10/c9-6-2-1-5(11-8(12)4-10)3-7(6)16-17(13,14)15;1-4(2)3/h1-3H,4H2,(H,11,12)(H,13,14,15);4H,1-3H3. The minimum Gasteiger partial charge on any atom is -0.360 e. The fourth-order valence-corrected chi connectivity index (χ4v) is 1.52. The van der Waals surface area contributed by atoms with E-state index in [2.05, 4.69) is 30.3 Å². The summed E-state index contributed by atoms with van der Waals surface area (Å²) in [5, 5.41) is 2.02. The molecule has 0 saturated carbocycles. The van der Waals surface area contributed by atoms with Crippen LogP contribution in [0.25, 0.3) is 0 Å². The number of carbonyl (C=O) groups is 1. The summed E-state index contributed by atoms with van der Waals surface area (Å²) in [5.74, 6) is -0.462. The topological polar surface area (TPSA) is 92.7 Å². The second-order valence-corrected chi connectivity index (χ2v) is 6.00. The first-order valence-electron chi connectivity index (χ1n) is 5.87. The van der Waals surface area contributed by atoms with Crippen molar-refractivity contribution in [3.63, 3.8) is 0 Å². The molecular formula is C12H17ClFNO5S. The van der Waals surface area contributed by atoms with E-state index < -0.39 is 23.0 Å². The quantitative estimate of drug-likeness (QED) is 0.821. The van der Waals surface area contributed by atoms with Gasteiger partial charge in [-0.1, -0.05) is 32.4 Å². The fraction of sp³-hybridized carbons (Fsp3) is 0.417. The summed E-state index contributed by atoms with van der Waals surface area (Å²) in [6, 6.07) is 3.56. The second kappa shape index (κ2) is 8.81. The van der Waals surface area contributed by atoms with Gasteiger partial charge in [-0.15, -0.1) is 0 Å². The van der Waals surface area contributed by atoms with Crippen LogP contribution < -0.4 is 9.50 Å². The van der Waals surface area contributed by atoms with Gasteiger partial charge in [0.05, 0.1) is 5.02 Å². The molecule has 21 heavy (non-hydrogen) atoms. The minimum absolute atomic E-state index is 0.0794. The van der Waals surface area contributed by atoms with Crippen LogP contribution in [-0.4, -0.2) is 25.6 Å². The molecule has 0 aliphatic heterocycles. The third-order valence-electron chi connectivity index (χ3n) is 1.53. The number of hydrogen-bond acceptors (Lipinski definition) is 4. The van der Waals surface area contributed by atoms with E-state index >= 15 is 0 Å². The summed E-state index contributed by atoms with van der Waals surface area (Å²) in [7, 11) is -4.72. The van der Waals surface area contributed by atoms with E-state index in [1.165, 1.54) is 12.1 Å². The number of amides is 1. The minimum atomic E-state index is -4.72. The van der Waals surface area contributed by atoms with Crippen LogP contribution >= 0.6 is 11.6 Å². The van der Waals surface area contributed by atoms with Crippen molar-refractivity contribution in [2.75, 3.05) is 12.0 Å². The highest BCUT2D eigenvalue weighted by Crippen LogP contribution is 2.28. The number of anilines is 1. The van der Waals surface area contributed by atoms with Gasteiger partial charge in [0.15, 0.2) is 12.4 Å². The van der Waals surface area contributed by atoms with E-state index in [4.69, 9.17) is 16.2 Å². The van der Waals surface area contributed by atoms with Gasteiger partial charge in [-0.2, -0.15) is 8.42 Å². The number of hydrogen-bond donors (Lipinski definition) is 2. The van der Waals surface area contributed by atoms with Gasteiger partial charge in [0, 0.05) is 11.8 Å². The first-order valence-corrected chi connectivity index (χ1v) is 7.61. The zero-order valence-electron chi connectivity index (χ0n) is 11.8. The summed E-state index contributed by atoms with van der Waals surface area (Å²) < 4.78 is 45.5. The predicted molar refractivity (Wildman–Crippen MR) is 78.7 cm³/mol. The number of benzene rings is 1. The molecule has 0 aromatic heterocycles. The molecule has 0 atom stereocenters. The third kappa shape index (κ3) is 10.1. The maximum Gasteiger partial charge on any atom is 0.446 e. The Morgan fingerprint density at radius 3 is 2.38 bits per heavy atom. The lowest BCUT2D eigenvalue weighted by Crippen LogP contribution is -2.13. The number of alkyl halides is 1. The van der Waals surface area contributed by atoms with Crippen molar-refractivity contribution in [1.29, 1.82) is 0 Å². The molecule has 0 spiro atoms. The van der Waals surface area contributed by atoms with Crippen LogP contribution in [0.4, 0.5) is 10.1 Å². The Labute approximate surface area is 128 Å². The average molecular weight is 342 g/mol. The van der Waals surface area contributed by atoms with Gasteiger partial charge in [-0.05, 0) is 18.1 Å². The molecule has 6 nitrogen and oxygen atoms in total. The van der Waals surface area contributed by atoms with Crippen LogP contribution in [0.15, 0.2) is 18.2 Å². The van der Waals surface area contributed by atoms with E-state index in [9.17, 15) is 17.6 Å². The molecule has 0 saturated heterocycles. The number of halogens is 2. The van der Waals surface area contributed by atoms with Crippen molar-refractivity contribution < 1.29 is 26.3 Å². The molecule has 0 unspecified atom stereocenters. The van der Waals surface area contributed by atoms with Gasteiger partial charge in [-0.3, -0.25) is 9.35 Å². The smallest absolute Gasteiger partial charge is 0.360 e. The van der Waals surface area contributed by atoms with E-state index in [0.717, 1.165) is 12.0 Å². The Morgan fingerprint density at radius 1 is 1.43 bits per heavy atom. The fourth-order valence-electron chi connectivity index (χ4n) is 0.953. The summed E-state index contributed by atoms with van der Waals surface area (Å²) in [6.07, 6.45) is 0. The van der Waals surface area contributed by atoms with Crippen LogP contribution in [0, 0.1) is 5.92 Å². The highest BCUT2D eigenvalue weighted by molar-refractivity contribution is 7.81. The molecule has 0 bridgehead atoms. The van der Waals surface area contributed by atoms with Gasteiger partial charge >= 0.3 is 10.4 Å². The van der Waals surface area contributed by atoms with Gasteiger partial charge in [0.2, 0.25) is 0 Å². The van der Waals surface area contributed by atoms with Crippen molar-refractivity contribution in [2.24, 2.45) is 5.92 Å². The molecule has 9 heteroatoms. The molecule has 2 N–H and O–H groups in total. The van der Waals surface area contributed by atoms with Crippen LogP contribution in [0.1, 0.15) is 20.8 Å². The van der Waals surface area contributed by atoms with Crippen molar-refractivity contribution in [3.8, 4) is 5.75 Å². The Bertz CT molecular complexity index is 574. The predicted octanol–water partition coefficient (Wildman–Crippen LogP) is 3.09. The second-order valence-electron chi connectivity index (χ2n) is 4.57. The molecule has 0 aliphatic rings. The van der Waals surface area contributed by atoms with Crippen molar-refractivity contribution in [3.05, 3.63) is 23.2 Å². The van der Waals surface area contributed by atoms with E-state index in [-0.39, 0.29) is 16.5 Å². The van der Waals surface area contributed by atoms with Gasteiger partial charge in [0.1, 0.15) is 0 Å². The van der Waals surface area contributed by atoms with Crippen molar-refractivity contribution in [2.45, 2.75) is 20.8 Å². The Morgan fingerprint density at radius 2 is 1.95 bits per heavy atom. The molecule has 1 aromatic carbocycles. The summed E-state index contributed by atoms with van der Waals surface area (Å²) in [6.45, 7) is 5.27.